The van der Waals surface area contributed by atoms with Crippen LogP contribution in [0.4, 0.5) is 8.78 Å². The predicted octanol–water partition coefficient (Wildman–Crippen LogP) is 4.52. The van der Waals surface area contributed by atoms with E-state index in [1.807, 2.05) is 18.2 Å². The Balaban J connectivity index is 0.942. The SMILES string of the molecule is O=C1CCC(N2Cc3c(OCc4ccc(CN5CCC(c6ccc(F)cc6F)CC5)cc4)cccc3C2=O)C(=O)C2NC12. The molecule has 2 saturated heterocycles. The number of fused-ring (bicyclic) bond motifs is 2. The van der Waals surface area contributed by atoms with E-state index in [1.54, 1.807) is 23.1 Å². The zero-order valence-electron chi connectivity index (χ0n) is 23.7. The molecule has 3 fully saturated rings. The summed E-state index contributed by atoms with van der Waals surface area (Å²) in [6.07, 6.45) is 2.32. The van der Waals surface area contributed by atoms with Crippen LogP contribution in [0.3, 0.4) is 0 Å². The largest absolute Gasteiger partial charge is 0.489 e. The Hall–Kier alpha value is -3.95. The molecule has 3 heterocycles. The number of carbonyl (C=O) groups excluding carboxylic acids is 3. The molecule has 3 aliphatic heterocycles. The molecule has 43 heavy (non-hydrogen) atoms. The number of nitrogens with zero attached hydrogens (tertiary/aromatic N) is 2. The second-order valence-electron chi connectivity index (χ2n) is 12.1. The van der Waals surface area contributed by atoms with Crippen LogP contribution in [-0.4, -0.2) is 58.5 Å². The highest BCUT2D eigenvalue weighted by Gasteiger charge is 2.53. The Morgan fingerprint density at radius 3 is 2.42 bits per heavy atom. The summed E-state index contributed by atoms with van der Waals surface area (Å²) in [7, 11) is 0. The van der Waals surface area contributed by atoms with Crippen molar-refractivity contribution in [1.29, 1.82) is 0 Å². The maximum Gasteiger partial charge on any atom is 0.255 e. The molecule has 0 radical (unpaired) electrons. The van der Waals surface area contributed by atoms with Crippen molar-refractivity contribution in [1.82, 2.24) is 15.1 Å². The minimum atomic E-state index is -0.607. The Labute approximate surface area is 248 Å². The van der Waals surface area contributed by atoms with Crippen molar-refractivity contribution >= 4 is 17.5 Å². The quantitative estimate of drug-likeness (QED) is 0.411. The van der Waals surface area contributed by atoms with Gasteiger partial charge in [0.1, 0.15) is 24.0 Å². The molecule has 222 valence electrons. The monoisotopic (exact) mass is 585 g/mol. The maximum atomic E-state index is 14.2. The normalized spacial score (nSPS) is 24.1. The van der Waals surface area contributed by atoms with E-state index in [4.69, 9.17) is 4.74 Å². The lowest BCUT2D eigenvalue weighted by molar-refractivity contribution is -0.123. The van der Waals surface area contributed by atoms with E-state index in [2.05, 4.69) is 22.3 Å². The third-order valence-corrected chi connectivity index (χ3v) is 9.37. The molecule has 3 aromatic rings. The molecule has 0 aromatic heterocycles. The van der Waals surface area contributed by atoms with Gasteiger partial charge in [0, 0.05) is 30.2 Å². The topological polar surface area (TPSA) is 88.9 Å². The summed E-state index contributed by atoms with van der Waals surface area (Å²) in [6.45, 7) is 3.12. The fraction of sp³-hybridized carbons (Fsp3) is 0.382. The molecule has 7 nitrogen and oxygen atoms in total. The van der Waals surface area contributed by atoms with Crippen molar-refractivity contribution in [2.75, 3.05) is 13.1 Å². The number of Topliss-reactive ketones (excluding diaryl/α,β-unsaturated/α-hetero) is 2. The van der Waals surface area contributed by atoms with Gasteiger partial charge in [-0.2, -0.15) is 0 Å². The van der Waals surface area contributed by atoms with Gasteiger partial charge in [-0.25, -0.2) is 8.78 Å². The number of carbonyl (C=O) groups is 3. The first-order chi connectivity index (χ1) is 20.9. The Morgan fingerprint density at radius 1 is 0.884 bits per heavy atom. The second kappa shape index (κ2) is 11.3. The van der Waals surface area contributed by atoms with Crippen molar-refractivity contribution in [2.45, 2.75) is 69.4 Å². The van der Waals surface area contributed by atoms with Crippen LogP contribution < -0.4 is 10.1 Å². The Morgan fingerprint density at radius 2 is 1.65 bits per heavy atom. The van der Waals surface area contributed by atoms with E-state index < -0.39 is 23.7 Å². The van der Waals surface area contributed by atoms with E-state index in [1.165, 1.54) is 11.6 Å². The summed E-state index contributed by atoms with van der Waals surface area (Å²) in [5.74, 6) is -0.495. The van der Waals surface area contributed by atoms with Crippen LogP contribution in [0.2, 0.25) is 0 Å². The van der Waals surface area contributed by atoms with Crippen LogP contribution in [0.15, 0.2) is 60.7 Å². The number of ether oxygens (including phenoxy) is 1. The predicted molar refractivity (Wildman–Crippen MR) is 154 cm³/mol. The third-order valence-electron chi connectivity index (χ3n) is 9.37. The highest BCUT2D eigenvalue weighted by molar-refractivity contribution is 6.07. The number of hydrogen-bond donors (Lipinski definition) is 1. The highest BCUT2D eigenvalue weighted by atomic mass is 19.1. The molecule has 1 saturated carbocycles. The third kappa shape index (κ3) is 5.47. The number of amides is 1. The lowest BCUT2D eigenvalue weighted by atomic mass is 9.89. The zero-order chi connectivity index (χ0) is 29.7. The van der Waals surface area contributed by atoms with Gasteiger partial charge < -0.3 is 9.64 Å². The molecule has 1 aliphatic carbocycles. The lowest BCUT2D eigenvalue weighted by Crippen LogP contribution is -2.43. The first-order valence-corrected chi connectivity index (χ1v) is 15.0. The van der Waals surface area contributed by atoms with Gasteiger partial charge in [-0.15, -0.1) is 0 Å². The second-order valence-corrected chi connectivity index (χ2v) is 12.1. The first kappa shape index (κ1) is 27.9. The fourth-order valence-corrected chi connectivity index (χ4v) is 6.86. The van der Waals surface area contributed by atoms with Gasteiger partial charge in [-0.3, -0.25) is 24.6 Å². The van der Waals surface area contributed by atoms with Crippen molar-refractivity contribution in [3.63, 3.8) is 0 Å². The molecule has 7 rings (SSSR count). The molecule has 0 spiro atoms. The molecule has 1 N–H and O–H groups in total. The van der Waals surface area contributed by atoms with Crippen molar-refractivity contribution in [3.8, 4) is 5.75 Å². The average molecular weight is 586 g/mol. The Kier molecular flexibility index (Phi) is 7.31. The van der Waals surface area contributed by atoms with E-state index in [-0.39, 0.29) is 42.4 Å². The van der Waals surface area contributed by atoms with Gasteiger partial charge >= 0.3 is 0 Å². The van der Waals surface area contributed by atoms with Crippen LogP contribution in [-0.2, 0) is 29.3 Å². The molecule has 3 unspecified atom stereocenters. The van der Waals surface area contributed by atoms with Crippen molar-refractivity contribution in [3.05, 3.63) is 100 Å². The van der Waals surface area contributed by atoms with Crippen LogP contribution >= 0.6 is 0 Å². The summed E-state index contributed by atoms with van der Waals surface area (Å²) in [6, 6.07) is 16.1. The number of nitrogens with one attached hydrogen (secondary N) is 1. The minimum absolute atomic E-state index is 0.0446. The van der Waals surface area contributed by atoms with Crippen LogP contribution in [0.5, 0.6) is 5.75 Å². The summed E-state index contributed by atoms with van der Waals surface area (Å²) in [4.78, 5) is 42.4. The van der Waals surface area contributed by atoms with Gasteiger partial charge in [0.15, 0.2) is 11.6 Å². The molecule has 4 aliphatic rings. The highest BCUT2D eigenvalue weighted by Crippen LogP contribution is 2.36. The van der Waals surface area contributed by atoms with E-state index in [9.17, 15) is 23.2 Å². The standard InChI is InChI=1S/C34H33F2N3O4/c35-23-8-9-24(27(36)16-23)22-12-14-38(15-13-22)17-20-4-6-21(7-5-20)19-43-30-3-1-2-25-26(30)18-39(34(25)42)28-10-11-29(40)31-32(37-31)33(28)41/h1-9,16,22,28,31-32,37H,10-15,17-19H2. The smallest absolute Gasteiger partial charge is 0.255 e. The fourth-order valence-electron chi connectivity index (χ4n) is 6.86. The van der Waals surface area contributed by atoms with Gasteiger partial charge in [-0.05, 0) is 73.2 Å². The number of benzene rings is 3. The molecular formula is C34H33F2N3O4. The number of rotatable bonds is 7. The van der Waals surface area contributed by atoms with Gasteiger partial charge in [-0.1, -0.05) is 36.4 Å². The minimum Gasteiger partial charge on any atom is -0.489 e. The molecule has 0 bridgehead atoms. The van der Waals surface area contributed by atoms with Gasteiger partial charge in [0.25, 0.3) is 5.91 Å². The molecular weight excluding hydrogens is 552 g/mol. The van der Waals surface area contributed by atoms with Gasteiger partial charge in [0.05, 0.1) is 24.7 Å². The number of ketones is 2. The average Bonchev–Trinajstić information content (AvgIpc) is 3.76. The van der Waals surface area contributed by atoms with Crippen LogP contribution in [0.1, 0.15) is 64.2 Å². The number of halogens is 2. The molecule has 1 amide bonds. The van der Waals surface area contributed by atoms with Crippen LogP contribution in [0.25, 0.3) is 0 Å². The lowest BCUT2D eigenvalue weighted by Gasteiger charge is -2.32. The maximum absolute atomic E-state index is 14.2. The van der Waals surface area contributed by atoms with E-state index >= 15 is 0 Å². The Bertz CT molecular complexity index is 1580. The first-order valence-electron chi connectivity index (χ1n) is 15.0. The summed E-state index contributed by atoms with van der Waals surface area (Å²) in [5, 5.41) is 2.96. The molecule has 9 heteroatoms. The number of likely N-dealkylation sites (tertiary alicyclic amines) is 1. The van der Waals surface area contributed by atoms with Gasteiger partial charge in [0.2, 0.25) is 0 Å². The van der Waals surface area contributed by atoms with E-state index in [0.717, 1.165) is 49.7 Å². The summed E-state index contributed by atoms with van der Waals surface area (Å²) < 4.78 is 33.7. The van der Waals surface area contributed by atoms with Crippen molar-refractivity contribution < 1.29 is 27.9 Å². The molecule has 3 aromatic carbocycles. The summed E-state index contributed by atoms with van der Waals surface area (Å²) in [5.41, 5.74) is 4.10. The number of piperidine rings is 1. The van der Waals surface area contributed by atoms with Crippen LogP contribution in [0, 0.1) is 11.6 Å². The number of hydrogen-bond acceptors (Lipinski definition) is 6. The van der Waals surface area contributed by atoms with E-state index in [0.29, 0.717) is 29.9 Å². The molecule has 3 atom stereocenters. The zero-order valence-corrected chi connectivity index (χ0v) is 23.7. The van der Waals surface area contributed by atoms with Crippen molar-refractivity contribution in [2.24, 2.45) is 0 Å². The summed E-state index contributed by atoms with van der Waals surface area (Å²) >= 11 is 0.